The molecule has 25 heavy (non-hydrogen) atoms. The molecular weight excluding hydrogens is 316 g/mol. The molecule has 2 aromatic rings. The standard InChI is InChI=1S/C20H24N2O3/c23-20(19-15-24-11-10-21-19)22-12-17-8-4-5-9-18(17)14-25-13-16-6-2-1-3-7-16/h1-9,19,21H,10-15H2,(H,22,23). The van der Waals surface area contributed by atoms with Crippen molar-refractivity contribution in [3.8, 4) is 0 Å². The maximum Gasteiger partial charge on any atom is 0.239 e. The number of morpholine rings is 1. The Labute approximate surface area is 148 Å². The Morgan fingerprint density at radius 2 is 1.84 bits per heavy atom. The Balaban J connectivity index is 1.50. The first-order chi connectivity index (χ1) is 12.3. The number of benzene rings is 2. The lowest BCUT2D eigenvalue weighted by molar-refractivity contribution is -0.126. The highest BCUT2D eigenvalue weighted by atomic mass is 16.5. The molecule has 0 spiro atoms. The van der Waals surface area contributed by atoms with E-state index in [1.54, 1.807) is 0 Å². The van der Waals surface area contributed by atoms with Crippen LogP contribution in [0.3, 0.4) is 0 Å². The van der Waals surface area contributed by atoms with Crippen LogP contribution in [0, 0.1) is 0 Å². The van der Waals surface area contributed by atoms with Crippen molar-refractivity contribution >= 4 is 5.91 Å². The summed E-state index contributed by atoms with van der Waals surface area (Å²) in [5.74, 6) is -0.0280. The van der Waals surface area contributed by atoms with Gasteiger partial charge in [-0.05, 0) is 16.7 Å². The van der Waals surface area contributed by atoms with Crippen molar-refractivity contribution in [1.82, 2.24) is 10.6 Å². The molecule has 0 radical (unpaired) electrons. The quantitative estimate of drug-likeness (QED) is 0.809. The summed E-state index contributed by atoms with van der Waals surface area (Å²) in [4.78, 5) is 12.2. The van der Waals surface area contributed by atoms with Gasteiger partial charge >= 0.3 is 0 Å². The molecule has 1 saturated heterocycles. The van der Waals surface area contributed by atoms with Crippen LogP contribution in [0.15, 0.2) is 54.6 Å². The number of hydrogen-bond donors (Lipinski definition) is 2. The summed E-state index contributed by atoms with van der Waals surface area (Å²) in [5.41, 5.74) is 3.31. The van der Waals surface area contributed by atoms with E-state index in [9.17, 15) is 4.79 Å². The molecule has 2 N–H and O–H groups in total. The first-order valence-electron chi connectivity index (χ1n) is 8.60. The van der Waals surface area contributed by atoms with Crippen LogP contribution in [0.2, 0.25) is 0 Å². The predicted molar refractivity (Wildman–Crippen MR) is 95.8 cm³/mol. The van der Waals surface area contributed by atoms with E-state index in [1.807, 2.05) is 54.6 Å². The number of carbonyl (C=O) groups excluding carboxylic acids is 1. The van der Waals surface area contributed by atoms with Crippen molar-refractivity contribution in [2.45, 2.75) is 25.8 Å². The van der Waals surface area contributed by atoms with Gasteiger partial charge in [-0.15, -0.1) is 0 Å². The highest BCUT2D eigenvalue weighted by Crippen LogP contribution is 2.12. The van der Waals surface area contributed by atoms with E-state index in [2.05, 4.69) is 10.6 Å². The molecule has 1 aliphatic heterocycles. The summed E-state index contributed by atoms with van der Waals surface area (Å²) in [6.45, 7) is 3.37. The summed E-state index contributed by atoms with van der Waals surface area (Å²) in [6.07, 6.45) is 0. The van der Waals surface area contributed by atoms with E-state index < -0.39 is 0 Å². The predicted octanol–water partition coefficient (Wildman–Crippen LogP) is 2.01. The smallest absolute Gasteiger partial charge is 0.239 e. The third-order valence-corrected chi connectivity index (χ3v) is 4.18. The lowest BCUT2D eigenvalue weighted by Gasteiger charge is -2.23. The Morgan fingerprint density at radius 3 is 2.60 bits per heavy atom. The number of carbonyl (C=O) groups is 1. The number of amides is 1. The first kappa shape index (κ1) is 17.6. The fourth-order valence-electron chi connectivity index (χ4n) is 2.76. The summed E-state index contributed by atoms with van der Waals surface area (Å²) >= 11 is 0. The monoisotopic (exact) mass is 340 g/mol. The zero-order valence-corrected chi connectivity index (χ0v) is 14.2. The molecule has 5 heteroatoms. The van der Waals surface area contributed by atoms with Gasteiger partial charge in [0.05, 0.1) is 26.4 Å². The van der Waals surface area contributed by atoms with E-state index in [4.69, 9.17) is 9.47 Å². The minimum atomic E-state index is -0.268. The molecule has 1 aliphatic rings. The molecule has 0 bridgehead atoms. The molecule has 3 rings (SSSR count). The van der Waals surface area contributed by atoms with Crippen LogP contribution >= 0.6 is 0 Å². The second-order valence-electron chi connectivity index (χ2n) is 6.05. The lowest BCUT2D eigenvalue weighted by Crippen LogP contribution is -2.51. The molecule has 1 unspecified atom stereocenters. The van der Waals surface area contributed by atoms with Gasteiger partial charge in [-0.3, -0.25) is 4.79 Å². The van der Waals surface area contributed by atoms with Crippen LogP contribution in [-0.4, -0.2) is 31.7 Å². The van der Waals surface area contributed by atoms with Gasteiger partial charge < -0.3 is 20.1 Å². The van der Waals surface area contributed by atoms with Crippen molar-refractivity contribution in [3.05, 3.63) is 71.3 Å². The Hall–Kier alpha value is -2.21. The van der Waals surface area contributed by atoms with Gasteiger partial charge in [0.25, 0.3) is 0 Å². The average Bonchev–Trinajstić information content (AvgIpc) is 2.68. The number of rotatable bonds is 7. The Bertz CT molecular complexity index is 670. The molecule has 1 fully saturated rings. The second kappa shape index (κ2) is 9.32. The number of nitrogens with one attached hydrogen (secondary N) is 2. The van der Waals surface area contributed by atoms with Crippen molar-refractivity contribution in [3.63, 3.8) is 0 Å². The van der Waals surface area contributed by atoms with Crippen LogP contribution < -0.4 is 10.6 Å². The van der Waals surface area contributed by atoms with Gasteiger partial charge in [0.15, 0.2) is 0 Å². The third kappa shape index (κ3) is 5.39. The second-order valence-corrected chi connectivity index (χ2v) is 6.05. The van der Waals surface area contributed by atoms with Crippen molar-refractivity contribution in [2.75, 3.05) is 19.8 Å². The fourth-order valence-corrected chi connectivity index (χ4v) is 2.76. The van der Waals surface area contributed by atoms with E-state index in [-0.39, 0.29) is 11.9 Å². The SMILES string of the molecule is O=C(NCc1ccccc1COCc1ccccc1)C1COCCN1. The molecular formula is C20H24N2O3. The number of hydrogen-bond acceptors (Lipinski definition) is 4. The average molecular weight is 340 g/mol. The highest BCUT2D eigenvalue weighted by Gasteiger charge is 2.20. The normalized spacial score (nSPS) is 17.2. The third-order valence-electron chi connectivity index (χ3n) is 4.18. The maximum absolute atomic E-state index is 12.2. The molecule has 0 aliphatic carbocycles. The van der Waals surface area contributed by atoms with E-state index >= 15 is 0 Å². The summed E-state index contributed by atoms with van der Waals surface area (Å²) < 4.78 is 11.2. The van der Waals surface area contributed by atoms with Gasteiger partial charge in [0.2, 0.25) is 5.91 Å². The van der Waals surface area contributed by atoms with Gasteiger partial charge in [0, 0.05) is 13.1 Å². The number of ether oxygens (including phenoxy) is 2. The molecule has 1 atom stereocenters. The largest absolute Gasteiger partial charge is 0.378 e. The van der Waals surface area contributed by atoms with Crippen LogP contribution in [-0.2, 0) is 34.0 Å². The zero-order valence-electron chi connectivity index (χ0n) is 14.2. The lowest BCUT2D eigenvalue weighted by atomic mass is 10.1. The van der Waals surface area contributed by atoms with Crippen molar-refractivity contribution < 1.29 is 14.3 Å². The van der Waals surface area contributed by atoms with Gasteiger partial charge in [0.1, 0.15) is 6.04 Å². The minimum Gasteiger partial charge on any atom is -0.378 e. The minimum absolute atomic E-state index is 0.0280. The van der Waals surface area contributed by atoms with E-state index in [0.29, 0.717) is 39.5 Å². The van der Waals surface area contributed by atoms with Crippen molar-refractivity contribution in [2.24, 2.45) is 0 Å². The van der Waals surface area contributed by atoms with Crippen LogP contribution in [0.25, 0.3) is 0 Å². The molecule has 132 valence electrons. The first-order valence-corrected chi connectivity index (χ1v) is 8.60. The molecule has 5 nitrogen and oxygen atoms in total. The van der Waals surface area contributed by atoms with Gasteiger partial charge in [-0.1, -0.05) is 54.6 Å². The van der Waals surface area contributed by atoms with Crippen LogP contribution in [0.4, 0.5) is 0 Å². The van der Waals surface area contributed by atoms with Crippen LogP contribution in [0.5, 0.6) is 0 Å². The van der Waals surface area contributed by atoms with Gasteiger partial charge in [-0.25, -0.2) is 0 Å². The topological polar surface area (TPSA) is 59.6 Å². The van der Waals surface area contributed by atoms with E-state index in [0.717, 1.165) is 16.7 Å². The summed E-state index contributed by atoms with van der Waals surface area (Å²) in [6, 6.07) is 17.9. The summed E-state index contributed by atoms with van der Waals surface area (Å²) in [5, 5.41) is 6.14. The van der Waals surface area contributed by atoms with Gasteiger partial charge in [-0.2, -0.15) is 0 Å². The molecule has 1 heterocycles. The van der Waals surface area contributed by atoms with Crippen molar-refractivity contribution in [1.29, 1.82) is 0 Å². The maximum atomic E-state index is 12.2. The zero-order chi connectivity index (χ0) is 17.3. The molecule has 0 aromatic heterocycles. The van der Waals surface area contributed by atoms with E-state index in [1.165, 1.54) is 0 Å². The highest BCUT2D eigenvalue weighted by molar-refractivity contribution is 5.82. The molecule has 1 amide bonds. The fraction of sp³-hybridized carbons (Fsp3) is 0.350. The summed E-state index contributed by atoms with van der Waals surface area (Å²) in [7, 11) is 0. The molecule has 0 saturated carbocycles. The Morgan fingerprint density at radius 1 is 1.08 bits per heavy atom. The van der Waals surface area contributed by atoms with Crippen LogP contribution in [0.1, 0.15) is 16.7 Å². The molecule has 2 aromatic carbocycles. The Kier molecular flexibility index (Phi) is 6.56.